The molecular formula is C34H51N5O2. The summed E-state index contributed by atoms with van der Waals surface area (Å²) in [4.78, 5) is 23.4. The highest BCUT2D eigenvalue weighted by molar-refractivity contribution is 5.98. The summed E-state index contributed by atoms with van der Waals surface area (Å²) >= 11 is 0. The fourth-order valence-electron chi connectivity index (χ4n) is 5.47. The normalized spacial score (nSPS) is 14.2. The molecule has 0 unspecified atom stereocenters. The third-order valence-corrected chi connectivity index (χ3v) is 7.96. The van der Waals surface area contributed by atoms with Crippen molar-refractivity contribution in [1.82, 2.24) is 19.4 Å². The minimum Gasteiger partial charge on any atom is -0.494 e. The number of hydrogen-bond acceptors (Lipinski definition) is 5. The molecule has 1 aliphatic heterocycles. The molecule has 1 aliphatic rings. The number of nitrogens with zero attached hydrogens (tertiary/aromatic N) is 4. The van der Waals surface area contributed by atoms with Gasteiger partial charge in [0.2, 0.25) is 5.95 Å². The van der Waals surface area contributed by atoms with E-state index < -0.39 is 0 Å². The lowest BCUT2D eigenvalue weighted by atomic mass is 10.1. The smallest absolute Gasteiger partial charge is 0.253 e. The number of carbonyl (C=O) groups is 1. The van der Waals surface area contributed by atoms with Crippen molar-refractivity contribution in [3.05, 3.63) is 48.0 Å². The second-order valence-corrected chi connectivity index (χ2v) is 12.3. The molecule has 0 radical (unpaired) electrons. The first-order valence-corrected chi connectivity index (χ1v) is 15.9. The molecule has 1 N–H and O–H groups in total. The number of ether oxygens (including phenoxy) is 1. The minimum absolute atomic E-state index is 0.121. The number of rotatable bonds is 15. The van der Waals surface area contributed by atoms with Crippen molar-refractivity contribution in [3.8, 4) is 5.75 Å². The molecule has 1 fully saturated rings. The number of likely N-dealkylation sites (tertiary alicyclic amines) is 1. The SMILES string of the molecule is CCOc1ccc(Nc2nc3ccc(C(=O)N(CCC(C)C)CCC(C)C)cc3n2CCCN2CCCCC2)cc1. The van der Waals surface area contributed by atoms with Crippen LogP contribution in [0.5, 0.6) is 5.75 Å². The number of carbonyl (C=O) groups excluding carboxylic acids is 1. The van der Waals surface area contributed by atoms with E-state index in [0.29, 0.717) is 18.4 Å². The van der Waals surface area contributed by atoms with E-state index in [-0.39, 0.29) is 5.91 Å². The second-order valence-electron chi connectivity index (χ2n) is 12.3. The summed E-state index contributed by atoms with van der Waals surface area (Å²) in [5.41, 5.74) is 3.63. The van der Waals surface area contributed by atoms with Gasteiger partial charge in [0.1, 0.15) is 5.75 Å². The van der Waals surface area contributed by atoms with Crippen LogP contribution in [0.1, 0.15) is 83.5 Å². The molecule has 4 rings (SSSR count). The number of imidazole rings is 1. The lowest BCUT2D eigenvalue weighted by molar-refractivity contribution is 0.0741. The minimum atomic E-state index is 0.121. The molecule has 1 saturated heterocycles. The molecule has 7 heteroatoms. The van der Waals surface area contributed by atoms with Crippen molar-refractivity contribution < 1.29 is 9.53 Å². The Hall–Kier alpha value is -3.06. The Labute approximate surface area is 247 Å². The molecule has 41 heavy (non-hydrogen) atoms. The molecule has 0 aliphatic carbocycles. The van der Waals surface area contributed by atoms with Gasteiger partial charge in [0, 0.05) is 30.9 Å². The molecule has 0 spiro atoms. The molecule has 0 bridgehead atoms. The number of hydrogen-bond donors (Lipinski definition) is 1. The lowest BCUT2D eigenvalue weighted by Crippen LogP contribution is -2.34. The number of fused-ring (bicyclic) bond motifs is 1. The van der Waals surface area contributed by atoms with Gasteiger partial charge in [-0.25, -0.2) is 4.98 Å². The van der Waals surface area contributed by atoms with E-state index in [1.165, 1.54) is 32.4 Å². The predicted molar refractivity (Wildman–Crippen MR) is 170 cm³/mol. The summed E-state index contributed by atoms with van der Waals surface area (Å²) in [5.74, 6) is 2.91. The van der Waals surface area contributed by atoms with Crippen molar-refractivity contribution in [3.63, 3.8) is 0 Å². The van der Waals surface area contributed by atoms with Gasteiger partial charge in [-0.15, -0.1) is 0 Å². The fourth-order valence-corrected chi connectivity index (χ4v) is 5.47. The van der Waals surface area contributed by atoms with Crippen molar-refractivity contribution in [2.24, 2.45) is 11.8 Å². The van der Waals surface area contributed by atoms with Crippen LogP contribution < -0.4 is 10.1 Å². The molecule has 224 valence electrons. The quantitative estimate of drug-likeness (QED) is 0.207. The van der Waals surface area contributed by atoms with E-state index in [1.807, 2.05) is 43.3 Å². The molecule has 7 nitrogen and oxygen atoms in total. The van der Waals surface area contributed by atoms with Gasteiger partial charge in [-0.1, -0.05) is 34.1 Å². The van der Waals surface area contributed by atoms with Crippen molar-refractivity contribution >= 4 is 28.6 Å². The predicted octanol–water partition coefficient (Wildman–Crippen LogP) is 7.59. The number of nitrogens with one attached hydrogen (secondary N) is 1. The van der Waals surface area contributed by atoms with E-state index in [4.69, 9.17) is 9.72 Å². The van der Waals surface area contributed by atoms with Gasteiger partial charge in [-0.2, -0.15) is 0 Å². The summed E-state index contributed by atoms with van der Waals surface area (Å²) in [6, 6.07) is 14.0. The van der Waals surface area contributed by atoms with E-state index in [1.54, 1.807) is 0 Å². The molecule has 3 aromatic rings. The van der Waals surface area contributed by atoms with Crippen molar-refractivity contribution in [2.45, 2.75) is 79.7 Å². The lowest BCUT2D eigenvalue weighted by Gasteiger charge is -2.26. The number of piperidine rings is 1. The van der Waals surface area contributed by atoms with Crippen LogP contribution in [0.3, 0.4) is 0 Å². The highest BCUT2D eigenvalue weighted by atomic mass is 16.5. The second kappa shape index (κ2) is 15.2. The number of benzene rings is 2. The van der Waals surface area contributed by atoms with Gasteiger partial charge < -0.3 is 24.4 Å². The monoisotopic (exact) mass is 561 g/mol. The van der Waals surface area contributed by atoms with E-state index >= 15 is 0 Å². The largest absolute Gasteiger partial charge is 0.494 e. The molecule has 1 amide bonds. The highest BCUT2D eigenvalue weighted by Crippen LogP contribution is 2.26. The topological polar surface area (TPSA) is 62.6 Å². The van der Waals surface area contributed by atoms with Crippen LogP contribution in [0.25, 0.3) is 11.0 Å². The summed E-state index contributed by atoms with van der Waals surface area (Å²) in [5, 5.41) is 3.54. The van der Waals surface area contributed by atoms with Crippen LogP contribution in [0, 0.1) is 11.8 Å². The Morgan fingerprint density at radius 3 is 2.27 bits per heavy atom. The van der Waals surface area contributed by atoms with Gasteiger partial charge in [0.15, 0.2) is 0 Å². The third kappa shape index (κ3) is 8.96. The van der Waals surface area contributed by atoms with Crippen molar-refractivity contribution in [1.29, 1.82) is 0 Å². The first-order valence-electron chi connectivity index (χ1n) is 15.9. The van der Waals surface area contributed by atoms with Gasteiger partial charge >= 0.3 is 0 Å². The maximum absolute atomic E-state index is 13.8. The fraction of sp³-hybridized carbons (Fsp3) is 0.588. The number of anilines is 2. The van der Waals surface area contributed by atoms with E-state index in [0.717, 1.165) is 79.4 Å². The Balaban J connectivity index is 1.60. The van der Waals surface area contributed by atoms with E-state index in [9.17, 15) is 4.79 Å². The van der Waals surface area contributed by atoms with Gasteiger partial charge in [-0.3, -0.25) is 4.79 Å². The first-order chi connectivity index (χ1) is 19.8. The Morgan fingerprint density at radius 1 is 0.951 bits per heavy atom. The summed E-state index contributed by atoms with van der Waals surface area (Å²) in [6.45, 7) is 17.4. The standard InChI is InChI=1S/C34H51N5O2/c1-6-41-30-14-12-29(13-15-30)35-34-36-31-16-11-28(33(40)38(23-17-26(2)3)24-18-27(4)5)25-32(31)39(34)22-10-21-37-19-8-7-9-20-37/h11-16,25-27H,6-10,17-24H2,1-5H3,(H,35,36). The number of aromatic nitrogens is 2. The average Bonchev–Trinajstić information content (AvgIpc) is 3.30. The highest BCUT2D eigenvalue weighted by Gasteiger charge is 2.20. The summed E-state index contributed by atoms with van der Waals surface area (Å²) in [6.07, 6.45) is 7.01. The van der Waals surface area contributed by atoms with Gasteiger partial charge in [-0.05, 0) is 113 Å². The Morgan fingerprint density at radius 2 is 1.63 bits per heavy atom. The Bertz CT molecular complexity index is 1220. The average molecular weight is 562 g/mol. The third-order valence-electron chi connectivity index (χ3n) is 7.96. The number of aryl methyl sites for hydroxylation is 1. The van der Waals surface area contributed by atoms with E-state index in [2.05, 4.69) is 53.4 Å². The molecule has 0 atom stereocenters. The van der Waals surface area contributed by atoms with Crippen molar-refractivity contribution in [2.75, 3.05) is 44.6 Å². The molecule has 0 saturated carbocycles. The molecule has 2 aromatic carbocycles. The summed E-state index contributed by atoms with van der Waals surface area (Å²) in [7, 11) is 0. The Kier molecular flexibility index (Phi) is 11.5. The molecular weight excluding hydrogens is 510 g/mol. The number of amides is 1. The summed E-state index contributed by atoms with van der Waals surface area (Å²) < 4.78 is 7.88. The van der Waals surface area contributed by atoms with Gasteiger partial charge in [0.25, 0.3) is 5.91 Å². The van der Waals surface area contributed by atoms with Crippen LogP contribution in [-0.2, 0) is 6.54 Å². The zero-order valence-electron chi connectivity index (χ0n) is 26.0. The van der Waals surface area contributed by atoms with Crippen LogP contribution in [0.15, 0.2) is 42.5 Å². The van der Waals surface area contributed by atoms with Crippen LogP contribution in [0.2, 0.25) is 0 Å². The maximum Gasteiger partial charge on any atom is 0.253 e. The molecule has 1 aromatic heterocycles. The first kappa shape index (κ1) is 30.9. The molecule has 2 heterocycles. The maximum atomic E-state index is 13.8. The zero-order chi connectivity index (χ0) is 29.2. The van der Waals surface area contributed by atoms with Crippen LogP contribution in [0.4, 0.5) is 11.6 Å². The van der Waals surface area contributed by atoms with Crippen LogP contribution >= 0.6 is 0 Å². The zero-order valence-corrected chi connectivity index (χ0v) is 26.0. The van der Waals surface area contributed by atoms with Gasteiger partial charge in [0.05, 0.1) is 17.6 Å². The van der Waals surface area contributed by atoms with Crippen LogP contribution in [-0.4, -0.2) is 64.6 Å².